The smallest absolute Gasteiger partial charge is 0.0590 e. The third-order valence-electron chi connectivity index (χ3n) is 2.70. The Bertz CT molecular complexity index is 466. The molecule has 1 N–H and O–H groups in total. The van der Waals surface area contributed by atoms with Gasteiger partial charge in [-0.1, -0.05) is 34.1 Å². The number of nitrogens with zero attached hydrogens (tertiary/aromatic N) is 1. The van der Waals surface area contributed by atoms with Gasteiger partial charge in [0.15, 0.2) is 0 Å². The molecule has 1 heterocycles. The molecule has 0 aliphatic heterocycles. The topological polar surface area (TPSA) is 24.9 Å². The van der Waals surface area contributed by atoms with Crippen molar-refractivity contribution in [2.45, 2.75) is 13.0 Å². The lowest BCUT2D eigenvalue weighted by Gasteiger charge is -2.17. The highest BCUT2D eigenvalue weighted by Gasteiger charge is 2.12. The minimum absolute atomic E-state index is 0.180. The van der Waals surface area contributed by atoms with Crippen molar-refractivity contribution in [2.75, 3.05) is 7.05 Å². The normalized spacial score (nSPS) is 12.4. The molecule has 0 amide bonds. The number of nitrogens with one attached hydrogen (secondary N) is 1. The Morgan fingerprint density at radius 1 is 1.18 bits per heavy atom. The molecular weight excluding hydrogens is 276 g/mol. The molecule has 1 aromatic carbocycles. The molecule has 0 bridgehead atoms. The summed E-state index contributed by atoms with van der Waals surface area (Å²) < 4.78 is 1.09. The summed E-state index contributed by atoms with van der Waals surface area (Å²) in [6.07, 6.45) is 3.78. The van der Waals surface area contributed by atoms with E-state index in [-0.39, 0.29) is 6.04 Å². The maximum Gasteiger partial charge on any atom is 0.0590 e. The van der Waals surface area contributed by atoms with Crippen molar-refractivity contribution in [1.82, 2.24) is 10.3 Å². The van der Waals surface area contributed by atoms with Gasteiger partial charge in [-0.15, -0.1) is 0 Å². The van der Waals surface area contributed by atoms with Crippen molar-refractivity contribution in [1.29, 1.82) is 0 Å². The lowest BCUT2D eigenvalue weighted by atomic mass is 9.99. The number of aryl methyl sites for hydroxylation is 1. The van der Waals surface area contributed by atoms with Crippen LogP contribution < -0.4 is 5.32 Å². The Hall–Kier alpha value is -1.19. The molecule has 0 fully saturated rings. The maximum absolute atomic E-state index is 4.25. The van der Waals surface area contributed by atoms with E-state index < -0.39 is 0 Å². The summed E-state index contributed by atoms with van der Waals surface area (Å²) in [7, 11) is 1.97. The Morgan fingerprint density at radius 2 is 2.00 bits per heavy atom. The molecule has 1 atom stereocenters. The summed E-state index contributed by atoms with van der Waals surface area (Å²) in [5.74, 6) is 0. The van der Waals surface area contributed by atoms with Gasteiger partial charge in [0, 0.05) is 16.9 Å². The van der Waals surface area contributed by atoms with Crippen LogP contribution in [0.15, 0.2) is 47.2 Å². The van der Waals surface area contributed by atoms with E-state index in [9.17, 15) is 0 Å². The van der Waals surface area contributed by atoms with Gasteiger partial charge in [-0.25, -0.2) is 0 Å². The van der Waals surface area contributed by atoms with Crippen LogP contribution in [0.25, 0.3) is 0 Å². The molecule has 2 aromatic rings. The molecule has 1 unspecified atom stereocenters. The van der Waals surface area contributed by atoms with Crippen molar-refractivity contribution in [3.63, 3.8) is 0 Å². The van der Waals surface area contributed by atoms with Crippen molar-refractivity contribution in [2.24, 2.45) is 0 Å². The summed E-state index contributed by atoms with van der Waals surface area (Å²) in [6, 6.07) is 10.7. The van der Waals surface area contributed by atoms with Crippen LogP contribution in [0.3, 0.4) is 0 Å². The minimum Gasteiger partial charge on any atom is -0.309 e. The number of rotatable bonds is 3. The molecule has 2 rings (SSSR count). The number of hydrogen-bond acceptors (Lipinski definition) is 2. The van der Waals surface area contributed by atoms with Crippen LogP contribution in [-0.4, -0.2) is 12.0 Å². The fraction of sp³-hybridized carbons (Fsp3) is 0.214. The van der Waals surface area contributed by atoms with Gasteiger partial charge in [0.2, 0.25) is 0 Å². The van der Waals surface area contributed by atoms with Crippen LogP contribution in [-0.2, 0) is 0 Å². The predicted molar refractivity (Wildman–Crippen MR) is 74.0 cm³/mol. The van der Waals surface area contributed by atoms with E-state index in [2.05, 4.69) is 51.4 Å². The highest BCUT2D eigenvalue weighted by Crippen LogP contribution is 2.24. The zero-order valence-electron chi connectivity index (χ0n) is 9.94. The summed E-state index contributed by atoms with van der Waals surface area (Å²) in [5, 5.41) is 3.33. The van der Waals surface area contributed by atoms with E-state index in [4.69, 9.17) is 0 Å². The van der Waals surface area contributed by atoms with E-state index >= 15 is 0 Å². The van der Waals surface area contributed by atoms with Gasteiger partial charge >= 0.3 is 0 Å². The van der Waals surface area contributed by atoms with Gasteiger partial charge in [0.1, 0.15) is 0 Å². The second-order valence-corrected chi connectivity index (χ2v) is 4.99. The molecule has 0 aliphatic carbocycles. The number of pyridine rings is 1. The highest BCUT2D eigenvalue weighted by atomic mass is 79.9. The highest BCUT2D eigenvalue weighted by molar-refractivity contribution is 9.10. The fourth-order valence-electron chi connectivity index (χ4n) is 1.95. The van der Waals surface area contributed by atoms with Crippen LogP contribution in [0.5, 0.6) is 0 Å². The van der Waals surface area contributed by atoms with Gasteiger partial charge in [0.25, 0.3) is 0 Å². The quantitative estimate of drug-likeness (QED) is 0.936. The number of benzene rings is 1. The SMILES string of the molecule is CNC(c1cncc(C)c1)c1cccc(Br)c1. The van der Waals surface area contributed by atoms with Crippen molar-refractivity contribution in [3.05, 3.63) is 63.9 Å². The van der Waals surface area contributed by atoms with Crippen LogP contribution in [0, 0.1) is 6.92 Å². The first-order valence-corrected chi connectivity index (χ1v) is 6.34. The Labute approximate surface area is 110 Å². The number of aromatic nitrogens is 1. The molecule has 0 saturated heterocycles. The molecule has 88 valence electrons. The summed E-state index contributed by atoms with van der Waals surface area (Å²) in [4.78, 5) is 4.25. The Kier molecular flexibility index (Phi) is 3.92. The maximum atomic E-state index is 4.25. The lowest BCUT2D eigenvalue weighted by molar-refractivity contribution is 0.687. The standard InChI is InChI=1S/C14H15BrN2/c1-10-6-12(9-17-8-10)14(16-2)11-4-3-5-13(15)7-11/h3-9,14,16H,1-2H3. The third kappa shape index (κ3) is 2.93. The van der Waals surface area contributed by atoms with Crippen molar-refractivity contribution < 1.29 is 0 Å². The molecule has 0 radical (unpaired) electrons. The predicted octanol–water partition coefficient (Wildman–Crippen LogP) is 3.46. The molecule has 1 aromatic heterocycles. The summed E-state index contributed by atoms with van der Waals surface area (Å²) in [6.45, 7) is 2.06. The number of halogens is 1. The zero-order valence-corrected chi connectivity index (χ0v) is 11.5. The van der Waals surface area contributed by atoms with Gasteiger partial charge < -0.3 is 5.32 Å². The van der Waals surface area contributed by atoms with Crippen LogP contribution in [0.2, 0.25) is 0 Å². The van der Waals surface area contributed by atoms with Crippen LogP contribution in [0.1, 0.15) is 22.7 Å². The molecular formula is C14H15BrN2. The second kappa shape index (κ2) is 5.43. The fourth-order valence-corrected chi connectivity index (χ4v) is 2.37. The molecule has 3 heteroatoms. The molecule has 17 heavy (non-hydrogen) atoms. The van der Waals surface area contributed by atoms with Crippen molar-refractivity contribution >= 4 is 15.9 Å². The second-order valence-electron chi connectivity index (χ2n) is 4.07. The van der Waals surface area contributed by atoms with E-state index in [0.717, 1.165) is 4.47 Å². The first kappa shape index (κ1) is 12.3. The first-order valence-electron chi connectivity index (χ1n) is 5.55. The van der Waals surface area contributed by atoms with Crippen LogP contribution >= 0.6 is 15.9 Å². The third-order valence-corrected chi connectivity index (χ3v) is 3.19. The molecule has 2 nitrogen and oxygen atoms in total. The Morgan fingerprint density at radius 3 is 2.65 bits per heavy atom. The lowest BCUT2D eigenvalue weighted by Crippen LogP contribution is -2.17. The molecule has 0 spiro atoms. The Balaban J connectivity index is 2.40. The first-order chi connectivity index (χ1) is 8.20. The molecule has 0 saturated carbocycles. The van der Waals surface area contributed by atoms with E-state index in [1.54, 1.807) is 0 Å². The summed E-state index contributed by atoms with van der Waals surface area (Å²) >= 11 is 3.50. The largest absolute Gasteiger partial charge is 0.309 e. The number of hydrogen-bond donors (Lipinski definition) is 1. The van der Waals surface area contributed by atoms with E-state index in [0.29, 0.717) is 0 Å². The van der Waals surface area contributed by atoms with Crippen molar-refractivity contribution in [3.8, 4) is 0 Å². The van der Waals surface area contributed by atoms with Crippen LogP contribution in [0.4, 0.5) is 0 Å². The average molecular weight is 291 g/mol. The molecule has 0 aliphatic rings. The van der Waals surface area contributed by atoms with Gasteiger partial charge in [-0.3, -0.25) is 4.98 Å². The van der Waals surface area contributed by atoms with E-state index in [1.165, 1.54) is 16.7 Å². The monoisotopic (exact) mass is 290 g/mol. The van der Waals surface area contributed by atoms with E-state index in [1.807, 2.05) is 31.6 Å². The summed E-state index contributed by atoms with van der Waals surface area (Å²) in [5.41, 5.74) is 3.60. The zero-order chi connectivity index (χ0) is 12.3. The minimum atomic E-state index is 0.180. The van der Waals surface area contributed by atoms with Gasteiger partial charge in [-0.05, 0) is 42.8 Å². The van der Waals surface area contributed by atoms with Gasteiger partial charge in [0.05, 0.1) is 6.04 Å². The van der Waals surface area contributed by atoms with Gasteiger partial charge in [-0.2, -0.15) is 0 Å². The average Bonchev–Trinajstić information content (AvgIpc) is 2.30.